The van der Waals surface area contributed by atoms with E-state index in [2.05, 4.69) is 15.2 Å². The Morgan fingerprint density at radius 1 is 1.38 bits per heavy atom. The van der Waals surface area contributed by atoms with Gasteiger partial charge in [0.2, 0.25) is 5.82 Å². The molecule has 16 heavy (non-hydrogen) atoms. The number of aromatic amines is 1. The highest BCUT2D eigenvalue weighted by molar-refractivity contribution is 7.91. The summed E-state index contributed by atoms with van der Waals surface area (Å²) in [7, 11) is -2.99. The fourth-order valence-electron chi connectivity index (χ4n) is 1.60. The molecule has 0 aliphatic carbocycles. The number of H-pyrrole nitrogens is 1. The van der Waals surface area contributed by atoms with Crippen LogP contribution < -0.4 is 0 Å². The molecule has 1 saturated heterocycles. The summed E-state index contributed by atoms with van der Waals surface area (Å²) in [5, 5.41) is 6.06. The molecule has 8 heteroatoms. The smallest absolute Gasteiger partial charge is 0.291 e. The molecule has 0 bridgehead atoms. The summed E-state index contributed by atoms with van der Waals surface area (Å²) in [6, 6.07) is 0. The van der Waals surface area contributed by atoms with Crippen molar-refractivity contribution >= 4 is 15.7 Å². The largest absolute Gasteiger partial charge is 0.335 e. The number of hydrogen-bond donors (Lipinski definition) is 1. The average Bonchev–Trinajstić information content (AvgIpc) is 2.69. The lowest BCUT2D eigenvalue weighted by molar-refractivity contribution is 0.0756. The molecule has 7 nitrogen and oxygen atoms in total. The Morgan fingerprint density at radius 3 is 2.88 bits per heavy atom. The van der Waals surface area contributed by atoms with Crippen LogP contribution in [0.15, 0.2) is 6.33 Å². The molecule has 1 aromatic rings. The van der Waals surface area contributed by atoms with Crippen molar-refractivity contribution < 1.29 is 13.2 Å². The highest BCUT2D eigenvalue weighted by Crippen LogP contribution is 2.07. The van der Waals surface area contributed by atoms with E-state index in [9.17, 15) is 13.2 Å². The summed E-state index contributed by atoms with van der Waals surface area (Å²) in [4.78, 5) is 17.1. The third kappa shape index (κ3) is 2.38. The number of nitrogens with one attached hydrogen (secondary N) is 1. The Bertz CT molecular complexity index is 467. The minimum atomic E-state index is -2.99. The van der Waals surface area contributed by atoms with Crippen LogP contribution >= 0.6 is 0 Å². The van der Waals surface area contributed by atoms with Gasteiger partial charge in [0.05, 0.1) is 11.5 Å². The van der Waals surface area contributed by atoms with Gasteiger partial charge in [-0.05, 0) is 6.42 Å². The number of sulfone groups is 1. The number of hydrogen-bond acceptors (Lipinski definition) is 5. The zero-order chi connectivity index (χ0) is 11.6. The quantitative estimate of drug-likeness (QED) is 0.688. The van der Waals surface area contributed by atoms with Crippen LogP contribution in [0.5, 0.6) is 0 Å². The van der Waals surface area contributed by atoms with Gasteiger partial charge in [0.25, 0.3) is 5.91 Å². The molecule has 1 N–H and O–H groups in total. The first-order valence-electron chi connectivity index (χ1n) is 4.93. The number of carbonyl (C=O) groups is 1. The van der Waals surface area contributed by atoms with E-state index < -0.39 is 9.84 Å². The molecule has 0 atom stereocenters. The van der Waals surface area contributed by atoms with Crippen LogP contribution in [-0.4, -0.2) is 59.0 Å². The van der Waals surface area contributed by atoms with Crippen molar-refractivity contribution in [3.63, 3.8) is 0 Å². The van der Waals surface area contributed by atoms with Crippen LogP contribution in [-0.2, 0) is 9.84 Å². The maximum absolute atomic E-state index is 11.8. The molecule has 1 fully saturated rings. The number of aromatic nitrogens is 3. The average molecular weight is 244 g/mol. The fraction of sp³-hybridized carbons (Fsp3) is 0.625. The van der Waals surface area contributed by atoms with E-state index in [1.165, 1.54) is 11.2 Å². The van der Waals surface area contributed by atoms with Crippen molar-refractivity contribution in [1.82, 2.24) is 20.1 Å². The third-order valence-electron chi connectivity index (χ3n) is 2.46. The van der Waals surface area contributed by atoms with Crippen LogP contribution in [0, 0.1) is 0 Å². The molecule has 2 heterocycles. The molecule has 0 saturated carbocycles. The van der Waals surface area contributed by atoms with Gasteiger partial charge in [0.1, 0.15) is 6.33 Å². The van der Waals surface area contributed by atoms with Gasteiger partial charge < -0.3 is 4.90 Å². The SMILES string of the molecule is O=C(c1ncn[nH]1)N1CCCS(=O)(=O)CC1. The lowest BCUT2D eigenvalue weighted by Crippen LogP contribution is -2.34. The molecule has 1 aliphatic heterocycles. The van der Waals surface area contributed by atoms with Gasteiger partial charge in [0, 0.05) is 13.1 Å². The predicted octanol–water partition coefficient (Wildman–Crippen LogP) is -0.935. The Hall–Kier alpha value is -1.44. The van der Waals surface area contributed by atoms with Crippen molar-refractivity contribution in [2.45, 2.75) is 6.42 Å². The Morgan fingerprint density at radius 2 is 2.19 bits per heavy atom. The lowest BCUT2D eigenvalue weighted by atomic mass is 10.4. The molecular weight excluding hydrogens is 232 g/mol. The van der Waals surface area contributed by atoms with E-state index in [0.29, 0.717) is 13.0 Å². The summed E-state index contributed by atoms with van der Waals surface area (Å²) in [6.07, 6.45) is 1.73. The second-order valence-corrected chi connectivity index (χ2v) is 5.94. The first-order valence-corrected chi connectivity index (χ1v) is 6.76. The fourth-order valence-corrected chi connectivity index (χ4v) is 2.87. The summed E-state index contributed by atoms with van der Waals surface area (Å²) < 4.78 is 22.7. The normalized spacial score (nSPS) is 20.4. The van der Waals surface area contributed by atoms with E-state index >= 15 is 0 Å². The van der Waals surface area contributed by atoms with Crippen LogP contribution in [0.3, 0.4) is 0 Å². The lowest BCUT2D eigenvalue weighted by Gasteiger charge is -2.17. The number of rotatable bonds is 1. The second-order valence-electron chi connectivity index (χ2n) is 3.63. The van der Waals surface area contributed by atoms with Crippen molar-refractivity contribution in [3.05, 3.63) is 12.2 Å². The first-order chi connectivity index (χ1) is 7.58. The summed E-state index contributed by atoms with van der Waals surface area (Å²) in [5.74, 6) is 0.0222. The molecule has 0 spiro atoms. The van der Waals surface area contributed by atoms with Crippen LogP contribution in [0.4, 0.5) is 0 Å². The van der Waals surface area contributed by atoms with Crippen molar-refractivity contribution in [2.75, 3.05) is 24.6 Å². The maximum Gasteiger partial charge on any atom is 0.291 e. The van der Waals surface area contributed by atoms with Gasteiger partial charge in [-0.2, -0.15) is 5.10 Å². The third-order valence-corrected chi connectivity index (χ3v) is 4.18. The zero-order valence-corrected chi connectivity index (χ0v) is 9.40. The molecule has 1 aromatic heterocycles. The highest BCUT2D eigenvalue weighted by atomic mass is 32.2. The molecule has 1 amide bonds. The van der Waals surface area contributed by atoms with Crippen LogP contribution in [0.2, 0.25) is 0 Å². The molecule has 1 aliphatic rings. The van der Waals surface area contributed by atoms with E-state index in [-0.39, 0.29) is 29.8 Å². The van der Waals surface area contributed by atoms with Crippen molar-refractivity contribution in [1.29, 1.82) is 0 Å². The number of nitrogens with zero attached hydrogens (tertiary/aromatic N) is 3. The summed E-state index contributed by atoms with van der Waals surface area (Å²) >= 11 is 0. The van der Waals surface area contributed by atoms with Gasteiger partial charge in [-0.3, -0.25) is 9.89 Å². The van der Waals surface area contributed by atoms with Crippen molar-refractivity contribution in [2.24, 2.45) is 0 Å². The van der Waals surface area contributed by atoms with Crippen LogP contribution in [0.25, 0.3) is 0 Å². The molecule has 0 unspecified atom stereocenters. The molecule has 88 valence electrons. The van der Waals surface area contributed by atoms with Gasteiger partial charge >= 0.3 is 0 Å². The molecule has 0 aromatic carbocycles. The standard InChI is InChI=1S/C8H12N4O3S/c13-8(7-9-6-10-11-7)12-2-1-4-16(14,15)5-3-12/h6H,1-5H2,(H,9,10,11). The first kappa shape index (κ1) is 11.1. The van der Waals surface area contributed by atoms with Gasteiger partial charge in [-0.25, -0.2) is 13.4 Å². The van der Waals surface area contributed by atoms with E-state index in [1.54, 1.807) is 0 Å². The maximum atomic E-state index is 11.8. The van der Waals surface area contributed by atoms with Crippen molar-refractivity contribution in [3.8, 4) is 0 Å². The Balaban J connectivity index is 2.09. The molecular formula is C8H12N4O3S. The van der Waals surface area contributed by atoms with E-state index in [0.717, 1.165) is 0 Å². The van der Waals surface area contributed by atoms with Crippen LogP contribution in [0.1, 0.15) is 17.0 Å². The summed E-state index contributed by atoms with van der Waals surface area (Å²) in [5.41, 5.74) is 0. The van der Waals surface area contributed by atoms with E-state index in [1.807, 2.05) is 0 Å². The number of amides is 1. The minimum absolute atomic E-state index is 0.0207. The monoisotopic (exact) mass is 244 g/mol. The van der Waals surface area contributed by atoms with E-state index in [4.69, 9.17) is 0 Å². The second kappa shape index (κ2) is 4.20. The van der Waals surface area contributed by atoms with Gasteiger partial charge in [-0.15, -0.1) is 0 Å². The number of carbonyl (C=O) groups excluding carboxylic acids is 1. The Kier molecular flexibility index (Phi) is 2.90. The predicted molar refractivity (Wildman–Crippen MR) is 55.6 cm³/mol. The Labute approximate surface area is 92.8 Å². The highest BCUT2D eigenvalue weighted by Gasteiger charge is 2.24. The minimum Gasteiger partial charge on any atom is -0.335 e. The van der Waals surface area contributed by atoms with Gasteiger partial charge in [-0.1, -0.05) is 0 Å². The molecule has 2 rings (SSSR count). The topological polar surface area (TPSA) is 96.0 Å². The summed E-state index contributed by atoms with van der Waals surface area (Å²) in [6.45, 7) is 0.667. The van der Waals surface area contributed by atoms with Gasteiger partial charge in [0.15, 0.2) is 9.84 Å². The zero-order valence-electron chi connectivity index (χ0n) is 8.59. The molecule has 0 radical (unpaired) electrons.